The molecule has 0 aliphatic carbocycles. The quantitative estimate of drug-likeness (QED) is 0.382. The third-order valence-electron chi connectivity index (χ3n) is 1.63. The molecule has 0 amide bonds. The predicted octanol–water partition coefficient (Wildman–Crippen LogP) is 5.91. The van der Waals surface area contributed by atoms with Gasteiger partial charge in [-0.1, -0.05) is 64.6 Å². The van der Waals surface area contributed by atoms with Crippen LogP contribution in [0.25, 0.3) is 0 Å². The molecule has 0 N–H and O–H groups in total. The highest BCUT2D eigenvalue weighted by Crippen LogP contribution is 2.48. The van der Waals surface area contributed by atoms with Crippen LogP contribution in [0.3, 0.4) is 0 Å². The molecular weight excluding hydrogens is 313 g/mol. The van der Waals surface area contributed by atoms with Gasteiger partial charge >= 0.3 is 0 Å². The number of ether oxygens (including phenoxy) is 1. The van der Waals surface area contributed by atoms with Gasteiger partial charge in [-0.05, 0) is 12.5 Å². The Labute approximate surface area is 119 Å². The lowest BCUT2D eigenvalue weighted by Gasteiger charge is -2.13. The fourth-order valence-corrected chi connectivity index (χ4v) is 2.14. The third-order valence-corrected chi connectivity index (χ3v) is 3.87. The molecule has 6 heteroatoms. The molecule has 0 unspecified atom stereocenters. The van der Waals surface area contributed by atoms with Gasteiger partial charge in [0.05, 0.1) is 15.1 Å². The molecule has 0 aromatic heterocycles. The van der Waals surface area contributed by atoms with Crippen LogP contribution in [0.1, 0.15) is 6.92 Å². The van der Waals surface area contributed by atoms with E-state index >= 15 is 0 Å². The highest BCUT2D eigenvalue weighted by atomic mass is 35.5. The van der Waals surface area contributed by atoms with E-state index in [9.17, 15) is 0 Å². The van der Waals surface area contributed by atoms with Gasteiger partial charge in [-0.25, -0.2) is 0 Å². The third kappa shape index (κ3) is 2.91. The zero-order chi connectivity index (χ0) is 12.5. The van der Waals surface area contributed by atoms with Crippen LogP contribution in [0, 0.1) is 0 Å². The van der Waals surface area contributed by atoms with E-state index in [0.717, 1.165) is 5.57 Å². The van der Waals surface area contributed by atoms with Gasteiger partial charge in [0.1, 0.15) is 16.7 Å². The molecule has 0 spiro atoms. The Kier molecular flexibility index (Phi) is 5.09. The SMILES string of the molecule is C=C(C)COc1c(Cl)c(Cl)c(Cl)c(Cl)c1Cl. The average molecular weight is 320 g/mol. The summed E-state index contributed by atoms with van der Waals surface area (Å²) in [5.74, 6) is 0.214. The van der Waals surface area contributed by atoms with Crippen molar-refractivity contribution in [2.24, 2.45) is 0 Å². The van der Waals surface area contributed by atoms with Gasteiger partial charge in [-0.2, -0.15) is 0 Å². The first-order valence-corrected chi connectivity index (χ1v) is 6.03. The number of halogens is 5. The van der Waals surface area contributed by atoms with Crippen LogP contribution in [0.5, 0.6) is 5.75 Å². The Morgan fingerprint density at radius 3 is 1.69 bits per heavy atom. The van der Waals surface area contributed by atoms with Crippen LogP contribution < -0.4 is 4.74 Å². The molecule has 1 nitrogen and oxygen atoms in total. The van der Waals surface area contributed by atoms with E-state index in [4.69, 9.17) is 62.7 Å². The summed E-state index contributed by atoms with van der Waals surface area (Å²) in [7, 11) is 0. The normalized spacial score (nSPS) is 10.4. The maximum absolute atomic E-state index is 5.95. The number of hydrogen-bond donors (Lipinski definition) is 0. The minimum Gasteiger partial charge on any atom is -0.486 e. The topological polar surface area (TPSA) is 9.23 Å². The second kappa shape index (κ2) is 5.70. The molecule has 0 aliphatic heterocycles. The molecule has 88 valence electrons. The highest BCUT2D eigenvalue weighted by molar-refractivity contribution is 6.55. The van der Waals surface area contributed by atoms with Crippen molar-refractivity contribution in [3.8, 4) is 5.75 Å². The summed E-state index contributed by atoms with van der Waals surface area (Å²) < 4.78 is 5.35. The summed E-state index contributed by atoms with van der Waals surface area (Å²) in [6, 6.07) is 0. The molecule has 0 fully saturated rings. The fraction of sp³-hybridized carbons (Fsp3) is 0.200. The van der Waals surface area contributed by atoms with E-state index in [-0.39, 0.29) is 37.5 Å². The van der Waals surface area contributed by atoms with E-state index in [1.54, 1.807) is 6.92 Å². The number of benzene rings is 1. The largest absolute Gasteiger partial charge is 0.486 e. The molecule has 0 heterocycles. The molecule has 0 atom stereocenters. The minimum atomic E-state index is 0.112. The maximum atomic E-state index is 5.95. The van der Waals surface area contributed by atoms with Gasteiger partial charge in [-0.3, -0.25) is 0 Å². The van der Waals surface area contributed by atoms with Crippen molar-refractivity contribution in [2.45, 2.75) is 6.92 Å². The molecule has 1 aromatic carbocycles. The van der Waals surface area contributed by atoms with Gasteiger partial charge in [0.25, 0.3) is 0 Å². The van der Waals surface area contributed by atoms with E-state index in [2.05, 4.69) is 6.58 Å². The van der Waals surface area contributed by atoms with Gasteiger partial charge in [0.15, 0.2) is 5.75 Å². The Morgan fingerprint density at radius 1 is 0.938 bits per heavy atom. The van der Waals surface area contributed by atoms with Crippen molar-refractivity contribution in [3.63, 3.8) is 0 Å². The molecule has 16 heavy (non-hydrogen) atoms. The lowest BCUT2D eigenvalue weighted by Crippen LogP contribution is -1.99. The van der Waals surface area contributed by atoms with Crippen molar-refractivity contribution in [3.05, 3.63) is 37.3 Å². The van der Waals surface area contributed by atoms with Gasteiger partial charge in [-0.15, -0.1) is 0 Å². The second-order valence-electron chi connectivity index (χ2n) is 3.14. The van der Waals surface area contributed by atoms with E-state index < -0.39 is 0 Å². The summed E-state index contributed by atoms with van der Waals surface area (Å²) in [6.45, 7) is 5.77. The Bertz CT molecular complexity index is 412. The van der Waals surface area contributed by atoms with Crippen molar-refractivity contribution in [1.82, 2.24) is 0 Å². The molecular formula is C10H7Cl5O. The van der Waals surface area contributed by atoms with Gasteiger partial charge < -0.3 is 4.74 Å². The van der Waals surface area contributed by atoms with Gasteiger partial charge in [0.2, 0.25) is 0 Å². The zero-order valence-electron chi connectivity index (χ0n) is 8.21. The van der Waals surface area contributed by atoms with Crippen LogP contribution in [0.4, 0.5) is 0 Å². The van der Waals surface area contributed by atoms with Crippen molar-refractivity contribution < 1.29 is 4.74 Å². The van der Waals surface area contributed by atoms with Gasteiger partial charge in [0, 0.05) is 0 Å². The molecule has 1 rings (SSSR count). The Hall–Kier alpha value is 0.210. The standard InChI is InChI=1S/C10H7Cl5O/c1-4(2)3-16-10-8(14)6(12)5(11)7(13)9(10)15/h1,3H2,2H3. The van der Waals surface area contributed by atoms with E-state index in [1.807, 2.05) is 0 Å². The lowest BCUT2D eigenvalue weighted by atomic mass is 10.3. The lowest BCUT2D eigenvalue weighted by molar-refractivity contribution is 0.353. The monoisotopic (exact) mass is 318 g/mol. The predicted molar refractivity (Wildman–Crippen MR) is 71.8 cm³/mol. The summed E-state index contributed by atoms with van der Waals surface area (Å²) in [6.07, 6.45) is 0. The molecule has 0 aliphatic rings. The number of rotatable bonds is 3. The van der Waals surface area contributed by atoms with Crippen molar-refractivity contribution >= 4 is 58.0 Å². The smallest absolute Gasteiger partial charge is 0.160 e. The first-order chi connectivity index (χ1) is 7.36. The van der Waals surface area contributed by atoms with Crippen LogP contribution >= 0.6 is 58.0 Å². The summed E-state index contributed by atoms with van der Waals surface area (Å²) in [5, 5.41) is 0.634. The summed E-state index contributed by atoms with van der Waals surface area (Å²) >= 11 is 29.4. The molecule has 0 radical (unpaired) electrons. The van der Waals surface area contributed by atoms with Crippen LogP contribution in [-0.4, -0.2) is 6.61 Å². The zero-order valence-corrected chi connectivity index (χ0v) is 12.0. The van der Waals surface area contributed by atoms with Crippen LogP contribution in [-0.2, 0) is 0 Å². The van der Waals surface area contributed by atoms with E-state index in [1.165, 1.54) is 0 Å². The second-order valence-corrected chi connectivity index (χ2v) is 5.03. The molecule has 0 saturated carbocycles. The maximum Gasteiger partial charge on any atom is 0.160 e. The summed E-state index contributed by atoms with van der Waals surface area (Å²) in [4.78, 5) is 0. The Balaban J connectivity index is 3.23. The first kappa shape index (κ1) is 14.3. The van der Waals surface area contributed by atoms with Crippen molar-refractivity contribution in [2.75, 3.05) is 6.61 Å². The fourth-order valence-electron chi connectivity index (χ4n) is 0.907. The van der Waals surface area contributed by atoms with Crippen molar-refractivity contribution in [1.29, 1.82) is 0 Å². The first-order valence-electron chi connectivity index (χ1n) is 4.14. The molecule has 1 aromatic rings. The van der Waals surface area contributed by atoms with E-state index in [0.29, 0.717) is 0 Å². The van der Waals surface area contributed by atoms with Crippen LogP contribution in [0.2, 0.25) is 25.1 Å². The van der Waals surface area contributed by atoms with Crippen LogP contribution in [0.15, 0.2) is 12.2 Å². The highest BCUT2D eigenvalue weighted by Gasteiger charge is 2.20. The average Bonchev–Trinajstić information content (AvgIpc) is 2.23. The Morgan fingerprint density at radius 2 is 1.31 bits per heavy atom. The summed E-state index contributed by atoms with van der Waals surface area (Å²) in [5.41, 5.74) is 0.814. The number of hydrogen-bond acceptors (Lipinski definition) is 1. The minimum absolute atomic E-state index is 0.112. The molecule has 0 saturated heterocycles. The molecule has 0 bridgehead atoms.